The van der Waals surface area contributed by atoms with Crippen LogP contribution in [0.15, 0.2) is 18.2 Å². The number of hydrogen-bond acceptors (Lipinski definition) is 3. The first-order valence-corrected chi connectivity index (χ1v) is 5.30. The molecule has 0 heterocycles. The number of aromatic hydroxyl groups is 1. The molecule has 0 atom stereocenters. The van der Waals surface area contributed by atoms with Gasteiger partial charge in [0.2, 0.25) is 0 Å². The highest BCUT2D eigenvalue weighted by Gasteiger charge is 2.45. The Morgan fingerprint density at radius 3 is 2.73 bits per heavy atom. The second-order valence-corrected chi connectivity index (χ2v) is 4.18. The van der Waals surface area contributed by atoms with E-state index < -0.39 is 0 Å². The van der Waals surface area contributed by atoms with Crippen LogP contribution in [0.4, 0.5) is 0 Å². The summed E-state index contributed by atoms with van der Waals surface area (Å²) in [5, 5.41) is 10.0. The zero-order valence-electron chi connectivity index (χ0n) is 8.99. The van der Waals surface area contributed by atoms with Crippen LogP contribution < -0.4 is 10.5 Å². The molecule has 0 bridgehead atoms. The number of para-hydroxylation sites is 1. The molecule has 1 aromatic carbocycles. The van der Waals surface area contributed by atoms with Crippen molar-refractivity contribution in [2.45, 2.75) is 24.7 Å². The third-order valence-electron chi connectivity index (χ3n) is 3.27. The maximum Gasteiger partial charge on any atom is 0.161 e. The molecular weight excluding hydrogens is 190 g/mol. The Kier molecular flexibility index (Phi) is 2.57. The molecule has 1 aliphatic carbocycles. The summed E-state index contributed by atoms with van der Waals surface area (Å²) in [5.74, 6) is 0.835. The second-order valence-electron chi connectivity index (χ2n) is 4.18. The first-order chi connectivity index (χ1) is 7.23. The number of rotatable bonds is 4. The summed E-state index contributed by atoms with van der Waals surface area (Å²) in [4.78, 5) is 0. The Hall–Kier alpha value is -1.22. The first kappa shape index (κ1) is 10.3. The molecule has 1 aliphatic rings. The fraction of sp³-hybridized carbons (Fsp3) is 0.500. The van der Waals surface area contributed by atoms with Gasteiger partial charge in [0.25, 0.3) is 0 Å². The number of phenols is 1. The van der Waals surface area contributed by atoms with E-state index in [4.69, 9.17) is 10.5 Å². The molecule has 0 radical (unpaired) electrons. The summed E-state index contributed by atoms with van der Waals surface area (Å²) < 4.78 is 5.11. The number of methoxy groups -OCH3 is 1. The van der Waals surface area contributed by atoms with Crippen molar-refractivity contribution in [2.24, 2.45) is 5.73 Å². The van der Waals surface area contributed by atoms with E-state index in [1.807, 2.05) is 12.1 Å². The van der Waals surface area contributed by atoms with Gasteiger partial charge in [0.05, 0.1) is 7.11 Å². The molecule has 82 valence electrons. The predicted octanol–water partition coefficient (Wildman–Crippen LogP) is 1.78. The third kappa shape index (κ3) is 1.67. The quantitative estimate of drug-likeness (QED) is 0.791. The lowest BCUT2D eigenvalue weighted by atomic mass is 9.91. The van der Waals surface area contributed by atoms with Crippen LogP contribution >= 0.6 is 0 Å². The highest BCUT2D eigenvalue weighted by Crippen LogP contribution is 2.54. The van der Waals surface area contributed by atoms with Crippen molar-refractivity contribution in [1.82, 2.24) is 0 Å². The van der Waals surface area contributed by atoms with E-state index in [2.05, 4.69) is 0 Å². The van der Waals surface area contributed by atoms with Gasteiger partial charge in [-0.3, -0.25) is 0 Å². The van der Waals surface area contributed by atoms with Gasteiger partial charge in [0.15, 0.2) is 11.5 Å². The van der Waals surface area contributed by atoms with Gasteiger partial charge < -0.3 is 15.6 Å². The van der Waals surface area contributed by atoms with E-state index in [9.17, 15) is 5.11 Å². The van der Waals surface area contributed by atoms with E-state index in [1.54, 1.807) is 13.2 Å². The number of ether oxygens (including phenoxy) is 1. The number of nitrogens with two attached hydrogens (primary N) is 1. The Balaban J connectivity index is 2.36. The van der Waals surface area contributed by atoms with E-state index >= 15 is 0 Å². The SMILES string of the molecule is COc1cccc(C2(CCN)CC2)c1O. The van der Waals surface area contributed by atoms with Crippen LogP contribution in [0.5, 0.6) is 11.5 Å². The van der Waals surface area contributed by atoms with Crippen LogP contribution in [0.3, 0.4) is 0 Å². The molecule has 0 aliphatic heterocycles. The lowest BCUT2D eigenvalue weighted by Crippen LogP contribution is -2.13. The molecule has 0 aromatic heterocycles. The molecule has 0 unspecified atom stereocenters. The van der Waals surface area contributed by atoms with Crippen molar-refractivity contribution in [3.63, 3.8) is 0 Å². The Morgan fingerprint density at radius 2 is 2.20 bits per heavy atom. The molecule has 0 amide bonds. The normalized spacial score (nSPS) is 17.5. The van der Waals surface area contributed by atoms with Crippen LogP contribution in [0, 0.1) is 0 Å². The maximum absolute atomic E-state index is 10.0. The fourth-order valence-corrected chi connectivity index (χ4v) is 2.20. The minimum Gasteiger partial charge on any atom is -0.504 e. The Labute approximate surface area is 89.9 Å². The molecule has 1 fully saturated rings. The van der Waals surface area contributed by atoms with Gasteiger partial charge in [0, 0.05) is 11.0 Å². The lowest BCUT2D eigenvalue weighted by Gasteiger charge is -2.17. The number of benzene rings is 1. The van der Waals surface area contributed by atoms with Gasteiger partial charge in [-0.1, -0.05) is 12.1 Å². The monoisotopic (exact) mass is 207 g/mol. The van der Waals surface area contributed by atoms with Crippen LogP contribution in [-0.2, 0) is 5.41 Å². The lowest BCUT2D eigenvalue weighted by molar-refractivity contribution is 0.366. The van der Waals surface area contributed by atoms with Crippen LogP contribution in [0.2, 0.25) is 0 Å². The largest absolute Gasteiger partial charge is 0.504 e. The molecule has 3 N–H and O–H groups in total. The molecule has 3 heteroatoms. The second kappa shape index (κ2) is 3.74. The fourth-order valence-electron chi connectivity index (χ4n) is 2.20. The van der Waals surface area contributed by atoms with Gasteiger partial charge in [-0.15, -0.1) is 0 Å². The van der Waals surface area contributed by atoms with Crippen molar-refractivity contribution >= 4 is 0 Å². The van der Waals surface area contributed by atoms with Gasteiger partial charge in [0.1, 0.15) is 0 Å². The van der Waals surface area contributed by atoms with Gasteiger partial charge in [-0.25, -0.2) is 0 Å². The Bertz CT molecular complexity index is 359. The van der Waals surface area contributed by atoms with E-state index in [-0.39, 0.29) is 11.2 Å². The minimum absolute atomic E-state index is 0.118. The zero-order valence-corrected chi connectivity index (χ0v) is 8.99. The van der Waals surface area contributed by atoms with Gasteiger partial charge in [-0.2, -0.15) is 0 Å². The summed E-state index contributed by atoms with van der Waals surface area (Å²) in [6, 6.07) is 5.67. The van der Waals surface area contributed by atoms with Gasteiger partial charge in [-0.05, 0) is 31.9 Å². The Morgan fingerprint density at radius 1 is 1.47 bits per heavy atom. The van der Waals surface area contributed by atoms with Crippen LogP contribution in [0.1, 0.15) is 24.8 Å². The summed E-state index contributed by atoms with van der Waals surface area (Å²) >= 11 is 0. The zero-order chi connectivity index (χ0) is 10.9. The van der Waals surface area contributed by atoms with E-state index in [0.29, 0.717) is 12.3 Å². The highest BCUT2D eigenvalue weighted by molar-refractivity contribution is 5.51. The number of phenolic OH excluding ortho intramolecular Hbond substituents is 1. The molecule has 1 saturated carbocycles. The van der Waals surface area contributed by atoms with Crippen molar-refractivity contribution in [1.29, 1.82) is 0 Å². The van der Waals surface area contributed by atoms with Crippen molar-refractivity contribution < 1.29 is 9.84 Å². The topological polar surface area (TPSA) is 55.5 Å². The average molecular weight is 207 g/mol. The molecule has 3 nitrogen and oxygen atoms in total. The smallest absolute Gasteiger partial charge is 0.161 e. The van der Waals surface area contributed by atoms with E-state index in [0.717, 1.165) is 24.8 Å². The van der Waals surface area contributed by atoms with Crippen molar-refractivity contribution in [2.75, 3.05) is 13.7 Å². The molecule has 2 rings (SSSR count). The number of hydrogen-bond donors (Lipinski definition) is 2. The predicted molar refractivity (Wildman–Crippen MR) is 59.2 cm³/mol. The maximum atomic E-state index is 10.0. The third-order valence-corrected chi connectivity index (χ3v) is 3.27. The van der Waals surface area contributed by atoms with Crippen LogP contribution in [0.25, 0.3) is 0 Å². The first-order valence-electron chi connectivity index (χ1n) is 5.30. The summed E-state index contributed by atoms with van der Waals surface area (Å²) in [6.07, 6.45) is 3.17. The molecule has 15 heavy (non-hydrogen) atoms. The molecule has 1 aromatic rings. The highest BCUT2D eigenvalue weighted by atomic mass is 16.5. The van der Waals surface area contributed by atoms with Crippen molar-refractivity contribution in [3.05, 3.63) is 23.8 Å². The summed E-state index contributed by atoms with van der Waals surface area (Å²) in [6.45, 7) is 0.663. The van der Waals surface area contributed by atoms with Crippen LogP contribution in [-0.4, -0.2) is 18.8 Å². The molecular formula is C12H17NO2. The standard InChI is InChI=1S/C12H17NO2/c1-15-10-4-2-3-9(11(10)14)12(5-6-12)7-8-13/h2-4,14H,5-8,13H2,1H3. The minimum atomic E-state index is 0.118. The van der Waals surface area contributed by atoms with Crippen molar-refractivity contribution in [3.8, 4) is 11.5 Å². The molecule has 0 spiro atoms. The van der Waals surface area contributed by atoms with E-state index in [1.165, 1.54) is 0 Å². The molecule has 0 saturated heterocycles. The summed E-state index contributed by atoms with van der Waals surface area (Å²) in [5.41, 5.74) is 6.71. The average Bonchev–Trinajstić information content (AvgIpc) is 3.00. The summed E-state index contributed by atoms with van der Waals surface area (Å²) in [7, 11) is 1.57. The van der Waals surface area contributed by atoms with Gasteiger partial charge >= 0.3 is 0 Å².